The van der Waals surface area contributed by atoms with E-state index in [2.05, 4.69) is 105 Å². The van der Waals surface area contributed by atoms with Crippen molar-refractivity contribution in [2.45, 2.75) is 110 Å². The van der Waals surface area contributed by atoms with Gasteiger partial charge in [-0.3, -0.25) is 47.9 Å². The van der Waals surface area contributed by atoms with Gasteiger partial charge in [-0.05, 0) is 188 Å². The third kappa shape index (κ3) is 26.4. The van der Waals surface area contributed by atoms with E-state index in [9.17, 15) is 47.9 Å². The van der Waals surface area contributed by atoms with Gasteiger partial charge in [0.25, 0.3) is 5.91 Å². The van der Waals surface area contributed by atoms with Gasteiger partial charge in [0.15, 0.2) is 0 Å². The maximum absolute atomic E-state index is 14.8. The Kier molecular flexibility index (Phi) is 34.3. The van der Waals surface area contributed by atoms with E-state index >= 15 is 0 Å². The number of aromatic amines is 4. The number of terminal acetylenes is 1. The Balaban J connectivity index is 0.601. The molecule has 0 radical (unpaired) electrons. The zero-order valence-corrected chi connectivity index (χ0v) is 77.8. The number of benzene rings is 6. The number of nitrogens with two attached hydrogens (primary N) is 1. The Labute approximate surface area is 774 Å². The van der Waals surface area contributed by atoms with Gasteiger partial charge in [-0.15, -0.1) is 6.42 Å². The summed E-state index contributed by atoms with van der Waals surface area (Å²) in [6.07, 6.45) is 8.65. The van der Waals surface area contributed by atoms with E-state index in [1.807, 2.05) is 90.8 Å². The lowest BCUT2D eigenvalue weighted by Gasteiger charge is -2.36. The second kappa shape index (κ2) is 46.6. The molecule has 704 valence electrons. The Hall–Kier alpha value is -14.1. The smallest absolute Gasteiger partial charge is 0.295 e. The van der Waals surface area contributed by atoms with Crippen molar-refractivity contribution in [2.24, 2.45) is 10.8 Å². The van der Waals surface area contributed by atoms with Crippen LogP contribution >= 0.6 is 0 Å². The normalized spacial score (nSPS) is 13.6. The van der Waals surface area contributed by atoms with Crippen LogP contribution in [0, 0.1) is 12.3 Å². The zero-order valence-electron chi connectivity index (χ0n) is 77.8. The quantitative estimate of drug-likeness (QED) is 0.00683. The largest absolute Gasteiger partial charge is 0.494 e. The Bertz CT molecular complexity index is 5870. The molecule has 133 heavy (non-hydrogen) atoms. The minimum atomic E-state index is -1.23. The summed E-state index contributed by atoms with van der Waals surface area (Å²) in [4.78, 5) is 194. The molecule has 2 fully saturated rings. The summed E-state index contributed by atoms with van der Waals surface area (Å²) in [7, 11) is 11.8. The van der Waals surface area contributed by atoms with Gasteiger partial charge in [-0.1, -0.05) is 35.8 Å². The lowest BCUT2D eigenvalue weighted by Crippen LogP contribution is -2.57. The molecule has 6 aromatic carbocycles. The molecule has 3 atom stereocenters. The van der Waals surface area contributed by atoms with Crippen LogP contribution in [0.5, 0.6) is 11.5 Å². The number of amides is 10. The predicted molar refractivity (Wildman–Crippen MR) is 511 cm³/mol. The first-order valence-corrected chi connectivity index (χ1v) is 45.5. The van der Waals surface area contributed by atoms with Crippen LogP contribution in [0.4, 0.5) is 11.4 Å². The molecule has 7 N–H and O–H groups in total. The van der Waals surface area contributed by atoms with Crippen LogP contribution in [-0.4, -0.2) is 346 Å². The molecule has 2 aliphatic heterocycles. The molecule has 37 nitrogen and oxygen atoms in total. The number of nitrogens with one attached hydrogen (secondary N) is 5. The molecule has 0 aliphatic carbocycles. The van der Waals surface area contributed by atoms with Gasteiger partial charge in [-0.2, -0.15) is 0 Å². The number of fused-ring (bicyclic) bond motifs is 4. The average Bonchev–Trinajstić information content (AvgIpc) is 1.64. The fraction of sp³-hybridized carbons (Fsp3) is 0.458. The first-order valence-electron chi connectivity index (χ1n) is 45.5. The number of anilines is 2. The van der Waals surface area contributed by atoms with E-state index in [-0.39, 0.29) is 89.3 Å². The maximum Gasteiger partial charge on any atom is 0.295 e. The summed E-state index contributed by atoms with van der Waals surface area (Å²) in [5, 5.41) is 6.14. The molecule has 0 saturated carbocycles. The highest BCUT2D eigenvalue weighted by molar-refractivity contribution is 5.97. The molecule has 10 aromatic rings. The van der Waals surface area contributed by atoms with Crippen LogP contribution in [0.1, 0.15) is 91.4 Å². The number of piperazine rings is 2. The summed E-state index contributed by atoms with van der Waals surface area (Å²) in [6, 6.07) is 36.2. The van der Waals surface area contributed by atoms with Gasteiger partial charge in [0.1, 0.15) is 52.9 Å². The molecule has 4 aromatic heterocycles. The summed E-state index contributed by atoms with van der Waals surface area (Å²) >= 11 is 0. The minimum absolute atomic E-state index is 0.0133. The zero-order chi connectivity index (χ0) is 94.9. The molecule has 0 bridgehead atoms. The Morgan fingerprint density at radius 1 is 0.459 bits per heavy atom. The van der Waals surface area contributed by atoms with E-state index in [4.69, 9.17) is 47.1 Å². The molecule has 10 amide bonds. The highest BCUT2D eigenvalue weighted by Gasteiger charge is 2.37. The number of imidazole rings is 4. The highest BCUT2D eigenvalue weighted by atomic mass is 16.5. The molecular formula is C96H123N25O12. The van der Waals surface area contributed by atoms with Crippen molar-refractivity contribution in [3.8, 4) is 69.4 Å². The molecule has 6 heterocycles. The van der Waals surface area contributed by atoms with Crippen molar-refractivity contribution in [1.29, 1.82) is 0 Å². The summed E-state index contributed by atoms with van der Waals surface area (Å²) in [5.41, 5.74) is 27.2. The number of nitrogens with zero attached hydrogens (tertiary/aromatic N) is 19. The topological polar surface area (TPSA) is 430 Å². The van der Waals surface area contributed by atoms with Crippen LogP contribution in [-0.2, 0) is 47.9 Å². The number of primary amides is 1. The van der Waals surface area contributed by atoms with Gasteiger partial charge in [-0.25, -0.2) is 19.9 Å². The van der Waals surface area contributed by atoms with Gasteiger partial charge in [0.2, 0.25) is 53.2 Å². The molecule has 37 heteroatoms. The first kappa shape index (κ1) is 97.9. The van der Waals surface area contributed by atoms with Crippen molar-refractivity contribution >= 4 is 115 Å². The second-order valence-corrected chi connectivity index (χ2v) is 34.4. The molecular weight excluding hydrogens is 1700 g/mol. The van der Waals surface area contributed by atoms with Crippen LogP contribution < -0.4 is 30.3 Å². The molecule has 12 rings (SSSR count). The number of likely N-dealkylation sites (N-methyl/N-ethyl adjacent to an activating group) is 6. The molecule has 2 aliphatic rings. The lowest BCUT2D eigenvalue weighted by molar-refractivity contribution is -0.153. The fourth-order valence-electron chi connectivity index (χ4n) is 16.1. The number of unbranched alkanes of at least 4 members (excludes halogenated alkanes) is 3. The highest BCUT2D eigenvalue weighted by Crippen LogP contribution is 2.33. The van der Waals surface area contributed by atoms with Crippen LogP contribution in [0.3, 0.4) is 0 Å². The van der Waals surface area contributed by atoms with E-state index in [1.165, 1.54) is 72.9 Å². The second-order valence-electron chi connectivity index (χ2n) is 34.4. The third-order valence-electron chi connectivity index (χ3n) is 24.9. The fourth-order valence-corrected chi connectivity index (χ4v) is 16.1. The number of carbonyl (C=O) groups excluding carboxylic acids is 10. The molecule has 2 saturated heterocycles. The van der Waals surface area contributed by atoms with Crippen molar-refractivity contribution < 1.29 is 57.4 Å². The van der Waals surface area contributed by atoms with Gasteiger partial charge in [0, 0.05) is 191 Å². The van der Waals surface area contributed by atoms with Crippen molar-refractivity contribution in [2.75, 3.05) is 190 Å². The number of ether oxygens (including phenoxy) is 2. The monoisotopic (exact) mass is 1820 g/mol. The lowest BCUT2D eigenvalue weighted by atomic mass is 10.1. The third-order valence-corrected chi connectivity index (χ3v) is 24.9. The first-order chi connectivity index (χ1) is 64.0. The Morgan fingerprint density at radius 3 is 1.36 bits per heavy atom. The van der Waals surface area contributed by atoms with E-state index in [0.717, 1.165) is 145 Å². The van der Waals surface area contributed by atoms with Crippen molar-refractivity contribution in [3.63, 3.8) is 0 Å². The van der Waals surface area contributed by atoms with Gasteiger partial charge < -0.3 is 99.3 Å². The number of rotatable bonds is 46. The van der Waals surface area contributed by atoms with Crippen LogP contribution in [0.25, 0.3) is 100 Å². The number of hydrogen-bond acceptors (Lipinski definition) is 21. The summed E-state index contributed by atoms with van der Waals surface area (Å²) in [6.45, 7) is 11.9. The summed E-state index contributed by atoms with van der Waals surface area (Å²) < 4.78 is 12.3. The predicted octanol–water partition coefficient (Wildman–Crippen LogP) is 8.60. The number of aromatic nitrogens is 8. The van der Waals surface area contributed by atoms with Crippen LogP contribution in [0.2, 0.25) is 0 Å². The maximum atomic E-state index is 14.8. The van der Waals surface area contributed by atoms with E-state index in [1.54, 1.807) is 19.0 Å². The van der Waals surface area contributed by atoms with Crippen LogP contribution in [0.15, 0.2) is 126 Å². The van der Waals surface area contributed by atoms with Crippen molar-refractivity contribution in [3.05, 3.63) is 132 Å². The van der Waals surface area contributed by atoms with E-state index < -0.39 is 79.1 Å². The number of H-pyrrole nitrogens is 4. The Morgan fingerprint density at radius 2 is 0.880 bits per heavy atom. The van der Waals surface area contributed by atoms with Crippen molar-refractivity contribution in [1.82, 2.24) is 94.2 Å². The number of carbonyl (C=O) groups is 10. The number of azide groups is 1. The van der Waals surface area contributed by atoms with Gasteiger partial charge in [0.05, 0.1) is 77.0 Å². The standard InChI is InChI=1S/C96H123N25O12/c1-12-84(123)99-38-15-13-14-27-87(126)120(52-47-113(8)86(125)29-21-54-133-74-26-19-24-68(56-74)91-102-76-35-31-70(58-80(76)106-91)93-104-78-37-33-72(60-82(78)108-93)118-50-45-111(6)46-51-118)62-88(127)114(9)64(2)94(129)115(10)65(3)95(130)116(11)66(4)96(131)121(63-89(128)119(61-83(97)122)42-22-39-100-109-98)41-17-16-40-112(7)85(124)28-20-53-132-73-25-18-23-67(55-73)90-101-75-34-30-69(57-79(75)105-90)92-103-77-36-32-71(59-81(77)107-92)117-48-43-110(5)44-49-117/h1,18-19,23-26,30-37,55-60,64-66H,13-17,20-22,27-29,38-54,61-63H2,2-11H3,(H2,97,122)(H,99,123)(H,101,105)(H,102,106)(H,103,107)(H,104,108)/t64-,65-,66-/m0/s1. The average molecular weight is 1820 g/mol. The number of hydrogen-bond donors (Lipinski definition) is 6. The van der Waals surface area contributed by atoms with E-state index in [0.29, 0.717) is 81.2 Å². The summed E-state index contributed by atoms with van der Waals surface area (Å²) in [5.74, 6) is 0.684. The minimum Gasteiger partial charge on any atom is -0.494 e. The molecule has 0 spiro atoms. The van der Waals surface area contributed by atoms with Gasteiger partial charge >= 0.3 is 0 Å². The molecule has 0 unspecified atom stereocenters. The SMILES string of the molecule is C#CC(=O)NCCCCCC(=O)N(CCN(C)C(=O)CCCOc1cccc(-c2nc3ccc(-c4nc5ccc(N6CCN(C)CC6)cc5[nH]4)cc3[nH]2)c1)CC(=O)N(C)[C@@H](C)C(=O)N(C)[C@@H](C)C(=O)N(C)[C@@H](C)C(=O)N(CCCCN(C)C(=O)CCCOc1cccc(-c2nc3ccc(-c4nc5ccc(N6CCN(C)CC6)cc5[nH]4)cc3[nH]2)c1)CC(=O)N(CCCN=[N+]=[N-])CC(N)=O.